The number of hydrogen-bond donors (Lipinski definition) is 2. The molecule has 0 radical (unpaired) electrons. The summed E-state index contributed by atoms with van der Waals surface area (Å²) in [6, 6.07) is 4.84. The molecular weight excluding hydrogens is 371 g/mol. The third-order valence-electron chi connectivity index (χ3n) is 3.29. The number of carbonyl (C=O) groups is 2. The van der Waals surface area contributed by atoms with E-state index in [2.05, 4.69) is 27.9 Å². The first-order chi connectivity index (χ1) is 9.58. The summed E-state index contributed by atoms with van der Waals surface area (Å²) in [5.74, 6) is -0.321. The van der Waals surface area contributed by atoms with Crippen molar-refractivity contribution < 1.29 is 14.7 Å². The van der Waals surface area contributed by atoms with Crippen LogP contribution in [0.5, 0.6) is 5.75 Å². The van der Waals surface area contributed by atoms with Gasteiger partial charge in [0.1, 0.15) is 5.75 Å². The molecule has 1 saturated heterocycles. The lowest BCUT2D eigenvalue weighted by atomic mass is 10.2. The minimum atomic E-state index is -0.352. The van der Waals surface area contributed by atoms with E-state index in [0.29, 0.717) is 13.0 Å². The zero-order chi connectivity index (χ0) is 14.5. The molecule has 1 fully saturated rings. The van der Waals surface area contributed by atoms with Gasteiger partial charge in [-0.25, -0.2) is 0 Å². The number of likely N-dealkylation sites (tertiary alicyclic amines) is 1. The highest BCUT2D eigenvalue weighted by molar-refractivity contribution is 14.1. The fourth-order valence-corrected chi connectivity index (χ4v) is 2.68. The van der Waals surface area contributed by atoms with Crippen LogP contribution in [-0.4, -0.2) is 41.5 Å². The van der Waals surface area contributed by atoms with Gasteiger partial charge >= 0.3 is 0 Å². The van der Waals surface area contributed by atoms with Gasteiger partial charge in [0, 0.05) is 29.6 Å². The minimum Gasteiger partial charge on any atom is -0.507 e. The summed E-state index contributed by atoms with van der Waals surface area (Å²) in [4.78, 5) is 25.6. The predicted octanol–water partition coefficient (Wildman–Crippen LogP) is 1.74. The van der Waals surface area contributed by atoms with Crippen molar-refractivity contribution in [1.82, 2.24) is 10.2 Å². The van der Waals surface area contributed by atoms with Crippen LogP contribution in [0.2, 0.25) is 0 Å². The quantitative estimate of drug-likeness (QED) is 0.773. The fraction of sp³-hybridized carbons (Fsp3) is 0.429. The van der Waals surface area contributed by atoms with E-state index in [-0.39, 0.29) is 23.1 Å². The Labute approximate surface area is 131 Å². The van der Waals surface area contributed by atoms with E-state index in [9.17, 15) is 14.7 Å². The molecule has 6 heteroatoms. The Morgan fingerprint density at radius 3 is 2.70 bits per heavy atom. The van der Waals surface area contributed by atoms with Crippen LogP contribution in [-0.2, 0) is 4.79 Å². The van der Waals surface area contributed by atoms with E-state index >= 15 is 0 Å². The van der Waals surface area contributed by atoms with Crippen LogP contribution in [0.25, 0.3) is 0 Å². The molecule has 2 N–H and O–H groups in total. The standard InChI is InChI=1S/C14H17IN2O3/c15-10-3-4-12(18)11(9-10)14(20)16-6-5-13(19)17-7-1-2-8-17/h3-4,9,18H,1-2,5-8H2,(H,16,20). The van der Waals surface area contributed by atoms with Crippen LogP contribution >= 0.6 is 22.6 Å². The first-order valence-electron chi connectivity index (χ1n) is 6.62. The second kappa shape index (κ2) is 6.92. The van der Waals surface area contributed by atoms with Crippen LogP contribution in [0, 0.1) is 3.57 Å². The van der Waals surface area contributed by atoms with Crippen molar-refractivity contribution in [3.05, 3.63) is 27.3 Å². The Bertz CT molecular complexity index is 513. The molecular formula is C14H17IN2O3. The number of benzene rings is 1. The maximum absolute atomic E-state index is 11.9. The van der Waals surface area contributed by atoms with Crippen molar-refractivity contribution in [1.29, 1.82) is 0 Å². The van der Waals surface area contributed by atoms with Gasteiger partial charge in [-0.3, -0.25) is 9.59 Å². The Balaban J connectivity index is 1.83. The number of amides is 2. The van der Waals surface area contributed by atoms with E-state index in [1.54, 1.807) is 12.1 Å². The molecule has 2 amide bonds. The van der Waals surface area contributed by atoms with Gasteiger partial charge < -0.3 is 15.3 Å². The van der Waals surface area contributed by atoms with E-state index < -0.39 is 0 Å². The molecule has 108 valence electrons. The second-order valence-corrected chi connectivity index (χ2v) is 6.00. The van der Waals surface area contributed by atoms with E-state index in [0.717, 1.165) is 29.5 Å². The summed E-state index contributed by atoms with van der Waals surface area (Å²) in [6.07, 6.45) is 2.43. The van der Waals surface area contributed by atoms with Crippen molar-refractivity contribution in [2.45, 2.75) is 19.3 Å². The van der Waals surface area contributed by atoms with Gasteiger partial charge in [0.15, 0.2) is 0 Å². The third kappa shape index (κ3) is 3.84. The highest BCUT2D eigenvalue weighted by Crippen LogP contribution is 2.19. The number of phenols is 1. The average molecular weight is 388 g/mol. The molecule has 0 aromatic heterocycles. The molecule has 1 aliphatic rings. The van der Waals surface area contributed by atoms with Gasteiger partial charge in [-0.2, -0.15) is 0 Å². The average Bonchev–Trinajstić information content (AvgIpc) is 2.95. The first kappa shape index (κ1) is 15.1. The number of aromatic hydroxyl groups is 1. The summed E-state index contributed by atoms with van der Waals surface area (Å²) in [7, 11) is 0. The fourth-order valence-electron chi connectivity index (χ4n) is 2.19. The molecule has 1 aliphatic heterocycles. The van der Waals surface area contributed by atoms with Crippen LogP contribution in [0.15, 0.2) is 18.2 Å². The maximum Gasteiger partial charge on any atom is 0.255 e. The van der Waals surface area contributed by atoms with Crippen molar-refractivity contribution in [3.63, 3.8) is 0 Å². The number of nitrogens with one attached hydrogen (secondary N) is 1. The molecule has 0 saturated carbocycles. The zero-order valence-corrected chi connectivity index (χ0v) is 13.2. The molecule has 1 heterocycles. The summed E-state index contributed by atoms with van der Waals surface area (Å²) < 4.78 is 0.874. The third-order valence-corrected chi connectivity index (χ3v) is 3.96. The lowest BCUT2D eigenvalue weighted by Gasteiger charge is -2.15. The molecule has 0 spiro atoms. The summed E-state index contributed by atoms with van der Waals surface area (Å²) in [6.45, 7) is 1.94. The first-order valence-corrected chi connectivity index (χ1v) is 7.70. The number of carbonyl (C=O) groups excluding carboxylic acids is 2. The molecule has 1 aromatic rings. The number of hydrogen-bond acceptors (Lipinski definition) is 3. The summed E-state index contributed by atoms with van der Waals surface area (Å²) >= 11 is 2.08. The number of halogens is 1. The molecule has 0 unspecified atom stereocenters. The topological polar surface area (TPSA) is 69.6 Å². The second-order valence-electron chi connectivity index (χ2n) is 4.76. The highest BCUT2D eigenvalue weighted by Gasteiger charge is 2.18. The molecule has 5 nitrogen and oxygen atoms in total. The van der Waals surface area contributed by atoms with Crippen LogP contribution in [0.4, 0.5) is 0 Å². The Morgan fingerprint density at radius 2 is 2.00 bits per heavy atom. The summed E-state index contributed by atoms with van der Waals surface area (Å²) in [5, 5.41) is 12.3. The number of rotatable bonds is 4. The zero-order valence-electron chi connectivity index (χ0n) is 11.1. The van der Waals surface area contributed by atoms with Crippen molar-refractivity contribution in [3.8, 4) is 5.75 Å². The van der Waals surface area contributed by atoms with E-state index in [1.165, 1.54) is 6.07 Å². The maximum atomic E-state index is 11.9. The van der Waals surface area contributed by atoms with E-state index in [1.807, 2.05) is 4.90 Å². The van der Waals surface area contributed by atoms with Crippen LogP contribution in [0.1, 0.15) is 29.6 Å². The van der Waals surface area contributed by atoms with Crippen LogP contribution in [0.3, 0.4) is 0 Å². The number of nitrogens with zero attached hydrogens (tertiary/aromatic N) is 1. The van der Waals surface area contributed by atoms with Crippen LogP contribution < -0.4 is 5.32 Å². The predicted molar refractivity (Wildman–Crippen MR) is 83.6 cm³/mol. The summed E-state index contributed by atoms with van der Waals surface area (Å²) in [5.41, 5.74) is 0.241. The van der Waals surface area contributed by atoms with Gasteiger partial charge in [0.2, 0.25) is 5.91 Å². The molecule has 0 atom stereocenters. The Kier molecular flexibility index (Phi) is 5.22. The minimum absolute atomic E-state index is 0.0474. The monoisotopic (exact) mass is 388 g/mol. The molecule has 0 bridgehead atoms. The number of phenolic OH excluding ortho intramolecular Hbond substituents is 1. The van der Waals surface area contributed by atoms with Crippen molar-refractivity contribution in [2.75, 3.05) is 19.6 Å². The normalized spacial score (nSPS) is 14.3. The molecule has 20 heavy (non-hydrogen) atoms. The van der Waals surface area contributed by atoms with E-state index in [4.69, 9.17) is 0 Å². The van der Waals surface area contributed by atoms with Gasteiger partial charge in [-0.05, 0) is 53.6 Å². The SMILES string of the molecule is O=C(NCCC(=O)N1CCCC1)c1cc(I)ccc1O. The Morgan fingerprint density at radius 1 is 1.30 bits per heavy atom. The lowest BCUT2D eigenvalue weighted by molar-refractivity contribution is -0.129. The van der Waals surface area contributed by atoms with Gasteiger partial charge in [-0.15, -0.1) is 0 Å². The molecule has 1 aromatic carbocycles. The van der Waals surface area contributed by atoms with Gasteiger partial charge in [0.25, 0.3) is 5.91 Å². The largest absolute Gasteiger partial charge is 0.507 e. The lowest BCUT2D eigenvalue weighted by Crippen LogP contribution is -2.32. The molecule has 0 aliphatic carbocycles. The highest BCUT2D eigenvalue weighted by atomic mass is 127. The molecule has 2 rings (SSSR count). The van der Waals surface area contributed by atoms with Crippen molar-refractivity contribution >= 4 is 34.4 Å². The van der Waals surface area contributed by atoms with Gasteiger partial charge in [-0.1, -0.05) is 0 Å². The smallest absolute Gasteiger partial charge is 0.255 e. The van der Waals surface area contributed by atoms with Gasteiger partial charge in [0.05, 0.1) is 5.56 Å². The van der Waals surface area contributed by atoms with Crippen molar-refractivity contribution in [2.24, 2.45) is 0 Å². The Hall–Kier alpha value is -1.31.